The average molecular weight is 272 g/mol. The van der Waals surface area contributed by atoms with Gasteiger partial charge in [0.25, 0.3) is 0 Å². The van der Waals surface area contributed by atoms with Crippen LogP contribution in [0.2, 0.25) is 0 Å². The number of nitrogens with zero attached hydrogens (tertiary/aromatic N) is 2. The molecular formula is C16H36N2O. The maximum absolute atomic E-state index is 6.13. The van der Waals surface area contributed by atoms with Gasteiger partial charge in [0.15, 0.2) is 0 Å². The minimum Gasteiger partial charge on any atom is -0.208 e. The van der Waals surface area contributed by atoms with Crippen LogP contribution in [0.15, 0.2) is 0 Å². The van der Waals surface area contributed by atoms with Crippen LogP contribution in [0, 0.1) is 0 Å². The van der Waals surface area contributed by atoms with E-state index in [0.717, 1.165) is 26.2 Å². The molecule has 3 heteroatoms. The highest BCUT2D eigenvalue weighted by Gasteiger charge is 2.11. The molecule has 0 bridgehead atoms. The van der Waals surface area contributed by atoms with Gasteiger partial charge in [0.1, 0.15) is 0 Å². The Bertz CT molecular complexity index is 142. The van der Waals surface area contributed by atoms with Crippen LogP contribution in [-0.4, -0.2) is 36.3 Å². The summed E-state index contributed by atoms with van der Waals surface area (Å²) in [5.74, 6) is 0. The Balaban J connectivity index is 4.16. The van der Waals surface area contributed by atoms with Gasteiger partial charge in [0.2, 0.25) is 0 Å². The predicted molar refractivity (Wildman–Crippen MR) is 83.9 cm³/mol. The Morgan fingerprint density at radius 2 is 0.789 bits per heavy atom. The largest absolute Gasteiger partial charge is 0.208 e. The van der Waals surface area contributed by atoms with Gasteiger partial charge in [-0.2, -0.15) is 10.1 Å². The van der Waals surface area contributed by atoms with Crippen LogP contribution >= 0.6 is 0 Å². The third kappa shape index (κ3) is 11.4. The fraction of sp³-hybridized carbons (Fsp3) is 1.00. The highest BCUT2D eigenvalue weighted by atomic mass is 16.8. The molecule has 0 rings (SSSR count). The summed E-state index contributed by atoms with van der Waals surface area (Å²) in [6.45, 7) is 13.2. The predicted octanol–water partition coefficient (Wildman–Crippen LogP) is 4.64. The number of hydroxylamine groups is 4. The maximum Gasteiger partial charge on any atom is 0.0259 e. The lowest BCUT2D eigenvalue weighted by molar-refractivity contribution is -0.326. The van der Waals surface area contributed by atoms with Gasteiger partial charge in [-0.25, -0.2) is 4.94 Å². The molecule has 0 heterocycles. The van der Waals surface area contributed by atoms with Gasteiger partial charge < -0.3 is 0 Å². The van der Waals surface area contributed by atoms with Crippen LogP contribution in [0.4, 0.5) is 0 Å². The van der Waals surface area contributed by atoms with E-state index in [2.05, 4.69) is 37.8 Å². The van der Waals surface area contributed by atoms with Crippen LogP contribution in [0.3, 0.4) is 0 Å². The van der Waals surface area contributed by atoms with Crippen LogP contribution in [0.25, 0.3) is 0 Å². The Hall–Kier alpha value is -0.120. The Kier molecular flexibility index (Phi) is 14.2. The molecule has 19 heavy (non-hydrogen) atoms. The quantitative estimate of drug-likeness (QED) is 0.429. The summed E-state index contributed by atoms with van der Waals surface area (Å²) in [4.78, 5) is 6.13. The molecule has 0 aromatic heterocycles. The molecule has 0 aliphatic carbocycles. The maximum atomic E-state index is 6.13. The van der Waals surface area contributed by atoms with Crippen molar-refractivity contribution in [2.75, 3.05) is 26.2 Å². The molecule has 0 saturated carbocycles. The molecule has 0 aromatic rings. The first-order valence-electron chi connectivity index (χ1n) is 8.46. The fourth-order valence-electron chi connectivity index (χ4n) is 1.89. The minimum atomic E-state index is 1.06. The van der Waals surface area contributed by atoms with Crippen molar-refractivity contribution >= 4 is 0 Å². The van der Waals surface area contributed by atoms with Gasteiger partial charge in [-0.05, 0) is 25.7 Å². The van der Waals surface area contributed by atoms with Crippen LogP contribution in [0.5, 0.6) is 0 Å². The number of unbranched alkanes of at least 4 members (excludes halogenated alkanes) is 4. The van der Waals surface area contributed by atoms with Gasteiger partial charge in [-0.1, -0.05) is 53.4 Å². The van der Waals surface area contributed by atoms with Crippen molar-refractivity contribution < 1.29 is 4.94 Å². The zero-order chi connectivity index (χ0) is 14.3. The molecular weight excluding hydrogens is 236 g/mol. The van der Waals surface area contributed by atoms with Crippen molar-refractivity contribution in [3.05, 3.63) is 0 Å². The lowest BCUT2D eigenvalue weighted by Crippen LogP contribution is -2.37. The highest BCUT2D eigenvalue weighted by Crippen LogP contribution is 2.06. The molecule has 0 spiro atoms. The summed E-state index contributed by atoms with van der Waals surface area (Å²) in [6.07, 6.45) is 9.81. The third-order valence-electron chi connectivity index (χ3n) is 3.28. The van der Waals surface area contributed by atoms with Crippen molar-refractivity contribution in [1.29, 1.82) is 0 Å². The molecule has 0 aliphatic heterocycles. The topological polar surface area (TPSA) is 15.7 Å². The second-order valence-electron chi connectivity index (χ2n) is 5.35. The summed E-state index contributed by atoms with van der Waals surface area (Å²) in [5.41, 5.74) is 0. The van der Waals surface area contributed by atoms with Crippen molar-refractivity contribution in [1.82, 2.24) is 10.1 Å². The van der Waals surface area contributed by atoms with E-state index in [0.29, 0.717) is 0 Å². The van der Waals surface area contributed by atoms with E-state index in [-0.39, 0.29) is 0 Å². The number of hydrogen-bond donors (Lipinski definition) is 0. The highest BCUT2D eigenvalue weighted by molar-refractivity contribution is 4.50. The smallest absolute Gasteiger partial charge is 0.0259 e. The first kappa shape index (κ1) is 18.9. The van der Waals surface area contributed by atoms with E-state index in [1.807, 2.05) is 0 Å². The van der Waals surface area contributed by atoms with Crippen LogP contribution in [0.1, 0.15) is 79.1 Å². The lowest BCUT2D eigenvalue weighted by atomic mass is 10.3. The van der Waals surface area contributed by atoms with Crippen molar-refractivity contribution in [3.63, 3.8) is 0 Å². The molecule has 0 N–H and O–H groups in total. The van der Waals surface area contributed by atoms with Gasteiger partial charge in [0, 0.05) is 26.2 Å². The Morgan fingerprint density at radius 3 is 1.00 bits per heavy atom. The molecule has 116 valence electrons. The van der Waals surface area contributed by atoms with Gasteiger partial charge >= 0.3 is 0 Å². The molecule has 0 fully saturated rings. The second kappa shape index (κ2) is 14.3. The summed E-state index contributed by atoms with van der Waals surface area (Å²) in [5, 5.41) is 4.36. The number of hydrogen-bond acceptors (Lipinski definition) is 3. The van der Waals surface area contributed by atoms with E-state index < -0.39 is 0 Å². The van der Waals surface area contributed by atoms with Gasteiger partial charge in [-0.15, -0.1) is 0 Å². The lowest BCUT2D eigenvalue weighted by Gasteiger charge is -2.29. The first-order valence-corrected chi connectivity index (χ1v) is 8.46. The summed E-state index contributed by atoms with van der Waals surface area (Å²) < 4.78 is 0. The third-order valence-corrected chi connectivity index (χ3v) is 3.28. The zero-order valence-electron chi connectivity index (χ0n) is 13.8. The molecule has 0 atom stereocenters. The van der Waals surface area contributed by atoms with E-state index in [4.69, 9.17) is 4.94 Å². The summed E-state index contributed by atoms with van der Waals surface area (Å²) >= 11 is 0. The van der Waals surface area contributed by atoms with E-state index >= 15 is 0 Å². The van der Waals surface area contributed by atoms with E-state index in [9.17, 15) is 0 Å². The molecule has 3 nitrogen and oxygen atoms in total. The molecule has 0 saturated heterocycles. The Labute approximate surface area is 121 Å². The summed E-state index contributed by atoms with van der Waals surface area (Å²) in [7, 11) is 0. The van der Waals surface area contributed by atoms with Crippen molar-refractivity contribution in [3.8, 4) is 0 Å². The minimum absolute atomic E-state index is 1.06. The standard InChI is InChI=1S/C16H36N2O/c1-5-9-13-17(14-10-6-2)19-18(15-11-7-3)16-12-8-4/h5-16H2,1-4H3. The second-order valence-corrected chi connectivity index (χ2v) is 5.35. The van der Waals surface area contributed by atoms with Crippen LogP contribution in [-0.2, 0) is 4.94 Å². The SMILES string of the molecule is CCCCN(CCCC)ON(CCCC)CCCC. The number of rotatable bonds is 14. The molecule has 0 aliphatic rings. The molecule has 0 aromatic carbocycles. The van der Waals surface area contributed by atoms with Crippen LogP contribution < -0.4 is 0 Å². The molecule has 0 radical (unpaired) electrons. The first-order chi connectivity index (χ1) is 9.28. The van der Waals surface area contributed by atoms with Crippen molar-refractivity contribution in [2.45, 2.75) is 79.1 Å². The zero-order valence-corrected chi connectivity index (χ0v) is 13.8. The van der Waals surface area contributed by atoms with Gasteiger partial charge in [-0.3, -0.25) is 0 Å². The van der Waals surface area contributed by atoms with E-state index in [1.54, 1.807) is 0 Å². The van der Waals surface area contributed by atoms with Crippen molar-refractivity contribution in [2.24, 2.45) is 0 Å². The monoisotopic (exact) mass is 272 g/mol. The van der Waals surface area contributed by atoms with E-state index in [1.165, 1.54) is 51.4 Å². The normalized spacial score (nSPS) is 11.7. The molecule has 0 amide bonds. The average Bonchev–Trinajstić information content (AvgIpc) is 2.44. The fourth-order valence-corrected chi connectivity index (χ4v) is 1.89. The van der Waals surface area contributed by atoms with Gasteiger partial charge in [0.05, 0.1) is 0 Å². The molecule has 0 unspecified atom stereocenters. The Morgan fingerprint density at radius 1 is 0.526 bits per heavy atom. The summed E-state index contributed by atoms with van der Waals surface area (Å²) in [6, 6.07) is 0.